The quantitative estimate of drug-likeness (QED) is 0.581. The number of nitrogens with one attached hydrogen (secondary N) is 1. The van der Waals surface area contributed by atoms with Crippen molar-refractivity contribution in [2.24, 2.45) is 13.0 Å². The van der Waals surface area contributed by atoms with E-state index in [2.05, 4.69) is 16.3 Å². The number of pyridine rings is 1. The second-order valence-electron chi connectivity index (χ2n) is 8.73. The molecule has 4 rings (SSSR count). The van der Waals surface area contributed by atoms with E-state index in [-0.39, 0.29) is 11.4 Å². The van der Waals surface area contributed by atoms with Crippen LogP contribution >= 0.6 is 0 Å². The van der Waals surface area contributed by atoms with Crippen LogP contribution in [0.2, 0.25) is 0 Å². The Morgan fingerprint density at radius 3 is 2.66 bits per heavy atom. The summed E-state index contributed by atoms with van der Waals surface area (Å²) in [6.07, 6.45) is 3.96. The molecule has 0 spiro atoms. The van der Waals surface area contributed by atoms with Crippen LogP contribution in [0.5, 0.6) is 5.75 Å². The highest BCUT2D eigenvalue weighted by Gasteiger charge is 2.24. The molecular weight excluding hydrogens is 447 g/mol. The molecule has 1 aromatic heterocycles. The van der Waals surface area contributed by atoms with Crippen LogP contribution in [0.15, 0.2) is 59.5 Å². The number of benzene rings is 2. The Morgan fingerprint density at radius 1 is 1.20 bits per heavy atom. The van der Waals surface area contributed by atoms with Crippen molar-refractivity contribution in [3.8, 4) is 11.8 Å². The molecule has 0 unspecified atom stereocenters. The summed E-state index contributed by atoms with van der Waals surface area (Å²) in [5.41, 5.74) is 2.01. The molecule has 8 heteroatoms. The van der Waals surface area contributed by atoms with Crippen molar-refractivity contribution in [1.29, 1.82) is 5.26 Å². The third-order valence-electron chi connectivity index (χ3n) is 6.47. The fourth-order valence-electron chi connectivity index (χ4n) is 4.45. The Labute approximate surface area is 203 Å². The number of halogens is 1. The number of methoxy groups -OCH3 is 1. The zero-order chi connectivity index (χ0) is 24.9. The van der Waals surface area contributed by atoms with Gasteiger partial charge in [0.2, 0.25) is 0 Å². The SMILES string of the molecule is COc1ccc(CC2CCN(c3ccc(C#N)cc3NC(=O)c3cccn(C)c3=O)CC2)c(F)c1. The van der Waals surface area contributed by atoms with Crippen molar-refractivity contribution in [2.75, 3.05) is 30.4 Å². The number of hydrogen-bond acceptors (Lipinski definition) is 5. The van der Waals surface area contributed by atoms with E-state index in [1.165, 1.54) is 23.8 Å². The van der Waals surface area contributed by atoms with Gasteiger partial charge in [0, 0.05) is 32.4 Å². The van der Waals surface area contributed by atoms with Crippen LogP contribution in [0.4, 0.5) is 15.8 Å². The summed E-state index contributed by atoms with van der Waals surface area (Å²) in [6, 6.07) is 15.3. The highest BCUT2D eigenvalue weighted by molar-refractivity contribution is 6.05. The van der Waals surface area contributed by atoms with Gasteiger partial charge >= 0.3 is 0 Å². The zero-order valence-corrected chi connectivity index (χ0v) is 19.8. The summed E-state index contributed by atoms with van der Waals surface area (Å²) in [5.74, 6) is 0.0612. The van der Waals surface area contributed by atoms with Crippen LogP contribution in [0.3, 0.4) is 0 Å². The number of rotatable bonds is 6. The zero-order valence-electron chi connectivity index (χ0n) is 19.8. The molecule has 180 valence electrons. The standard InChI is InChI=1S/C27H27FN4O3/c1-31-11-3-4-22(27(31)34)26(33)30-24-15-19(17-29)5-8-25(24)32-12-9-18(10-13-32)14-20-6-7-21(35-2)16-23(20)28/h3-8,11,15-16,18H,9-10,12-14H2,1-2H3,(H,30,33). The van der Waals surface area contributed by atoms with E-state index in [1.807, 2.05) is 6.07 Å². The Kier molecular flexibility index (Phi) is 7.16. The number of anilines is 2. The molecule has 1 aliphatic rings. The first-order valence-corrected chi connectivity index (χ1v) is 11.5. The second-order valence-corrected chi connectivity index (χ2v) is 8.73. The summed E-state index contributed by atoms with van der Waals surface area (Å²) in [5, 5.41) is 12.2. The molecule has 1 saturated heterocycles. The molecular formula is C27H27FN4O3. The van der Waals surface area contributed by atoms with Gasteiger partial charge in [0.15, 0.2) is 0 Å². The second kappa shape index (κ2) is 10.4. The third-order valence-corrected chi connectivity index (χ3v) is 6.47. The van der Waals surface area contributed by atoms with Gasteiger partial charge in [-0.3, -0.25) is 9.59 Å². The number of aromatic nitrogens is 1. The van der Waals surface area contributed by atoms with Gasteiger partial charge in [-0.25, -0.2) is 4.39 Å². The van der Waals surface area contributed by atoms with Gasteiger partial charge in [-0.2, -0.15) is 5.26 Å². The topological polar surface area (TPSA) is 87.4 Å². The van der Waals surface area contributed by atoms with Gasteiger partial charge in [-0.15, -0.1) is 0 Å². The predicted molar refractivity (Wildman–Crippen MR) is 132 cm³/mol. The van der Waals surface area contributed by atoms with Crippen molar-refractivity contribution < 1.29 is 13.9 Å². The van der Waals surface area contributed by atoms with E-state index in [0.29, 0.717) is 34.9 Å². The Morgan fingerprint density at radius 2 is 1.97 bits per heavy atom. The first kappa shape index (κ1) is 24.0. The van der Waals surface area contributed by atoms with E-state index in [4.69, 9.17) is 4.74 Å². The van der Waals surface area contributed by atoms with E-state index >= 15 is 0 Å². The lowest BCUT2D eigenvalue weighted by molar-refractivity contribution is 0.102. The van der Waals surface area contributed by atoms with Crippen LogP contribution in [0, 0.1) is 23.1 Å². The Balaban J connectivity index is 1.49. The molecule has 0 aliphatic carbocycles. The van der Waals surface area contributed by atoms with Gasteiger partial charge in [-0.05, 0) is 67.1 Å². The highest BCUT2D eigenvalue weighted by atomic mass is 19.1. The molecule has 0 bridgehead atoms. The minimum atomic E-state index is -0.521. The molecule has 1 N–H and O–H groups in total. The van der Waals surface area contributed by atoms with Crippen molar-refractivity contribution in [2.45, 2.75) is 19.3 Å². The number of hydrogen-bond donors (Lipinski definition) is 1. The minimum Gasteiger partial charge on any atom is -0.497 e. The van der Waals surface area contributed by atoms with Crippen LogP contribution < -0.4 is 20.5 Å². The summed E-state index contributed by atoms with van der Waals surface area (Å²) in [4.78, 5) is 27.4. The van der Waals surface area contributed by atoms with Crippen LogP contribution in [-0.2, 0) is 13.5 Å². The number of piperidine rings is 1. The van der Waals surface area contributed by atoms with Gasteiger partial charge in [0.05, 0.1) is 30.1 Å². The average molecular weight is 475 g/mol. The first-order chi connectivity index (χ1) is 16.9. The average Bonchev–Trinajstić information content (AvgIpc) is 2.87. The number of carbonyl (C=O) groups excluding carboxylic acids is 1. The van der Waals surface area contributed by atoms with Gasteiger partial charge < -0.3 is 19.5 Å². The molecule has 35 heavy (non-hydrogen) atoms. The predicted octanol–water partition coefficient (Wildman–Crippen LogP) is 4.12. The van der Waals surface area contributed by atoms with Crippen molar-refractivity contribution in [1.82, 2.24) is 4.57 Å². The smallest absolute Gasteiger partial charge is 0.263 e. The number of amides is 1. The largest absolute Gasteiger partial charge is 0.497 e. The molecule has 0 radical (unpaired) electrons. The number of nitrogens with zero attached hydrogens (tertiary/aromatic N) is 3. The first-order valence-electron chi connectivity index (χ1n) is 11.5. The lowest BCUT2D eigenvalue weighted by Crippen LogP contribution is -2.35. The Bertz CT molecular complexity index is 1340. The third kappa shape index (κ3) is 5.35. The Hall–Kier alpha value is -4.12. The number of aryl methyl sites for hydroxylation is 1. The molecule has 1 amide bonds. The fraction of sp³-hybridized carbons (Fsp3) is 0.296. The molecule has 2 aromatic carbocycles. The molecule has 1 aliphatic heterocycles. The van der Waals surface area contributed by atoms with Crippen LogP contribution in [0.1, 0.15) is 34.3 Å². The van der Waals surface area contributed by atoms with Crippen molar-refractivity contribution >= 4 is 17.3 Å². The fourth-order valence-corrected chi connectivity index (χ4v) is 4.45. The van der Waals surface area contributed by atoms with E-state index in [1.54, 1.807) is 43.6 Å². The van der Waals surface area contributed by atoms with Gasteiger partial charge in [0.1, 0.15) is 17.1 Å². The lowest BCUT2D eigenvalue weighted by Gasteiger charge is -2.35. The summed E-state index contributed by atoms with van der Waals surface area (Å²) in [7, 11) is 3.10. The van der Waals surface area contributed by atoms with Crippen molar-refractivity contribution in [3.05, 3.63) is 87.6 Å². The van der Waals surface area contributed by atoms with Crippen LogP contribution in [-0.4, -0.2) is 30.7 Å². The molecule has 7 nitrogen and oxygen atoms in total. The van der Waals surface area contributed by atoms with E-state index in [9.17, 15) is 19.2 Å². The van der Waals surface area contributed by atoms with Gasteiger partial charge in [0.25, 0.3) is 11.5 Å². The van der Waals surface area contributed by atoms with E-state index in [0.717, 1.165) is 31.6 Å². The summed E-state index contributed by atoms with van der Waals surface area (Å²) in [6.45, 7) is 1.45. The normalized spacial score (nSPS) is 13.8. The number of ether oxygens (including phenoxy) is 1. The highest BCUT2D eigenvalue weighted by Crippen LogP contribution is 2.32. The molecule has 2 heterocycles. The molecule has 0 atom stereocenters. The molecule has 0 saturated carbocycles. The number of nitriles is 1. The maximum atomic E-state index is 14.4. The summed E-state index contributed by atoms with van der Waals surface area (Å²) < 4.78 is 20.8. The maximum absolute atomic E-state index is 14.4. The monoisotopic (exact) mass is 474 g/mol. The number of carbonyl (C=O) groups is 1. The molecule has 3 aromatic rings. The lowest BCUT2D eigenvalue weighted by atomic mass is 9.89. The summed E-state index contributed by atoms with van der Waals surface area (Å²) >= 11 is 0. The molecule has 1 fully saturated rings. The van der Waals surface area contributed by atoms with Crippen LogP contribution in [0.25, 0.3) is 0 Å². The van der Waals surface area contributed by atoms with E-state index < -0.39 is 11.5 Å². The maximum Gasteiger partial charge on any atom is 0.263 e. The minimum absolute atomic E-state index is 0.0311. The van der Waals surface area contributed by atoms with Gasteiger partial charge in [-0.1, -0.05) is 6.07 Å². The van der Waals surface area contributed by atoms with Crippen molar-refractivity contribution in [3.63, 3.8) is 0 Å².